The molecule has 4 heteroatoms. The zero-order chi connectivity index (χ0) is 11.0. The first-order valence-electron chi connectivity index (χ1n) is 5.52. The fourth-order valence-electron chi connectivity index (χ4n) is 1.67. The summed E-state index contributed by atoms with van der Waals surface area (Å²) in [5, 5.41) is 2.91. The Balaban J connectivity index is 1.69. The number of rotatable bonds is 2. The average Bonchev–Trinajstić information content (AvgIpc) is 3.12. The molecular weight excluding hydrogens is 206 g/mol. The number of fused-ring (bicyclic) bond motifs is 1. The molecule has 1 amide bonds. The van der Waals surface area contributed by atoms with Crippen LogP contribution in [-0.4, -0.2) is 24.7 Å². The molecule has 1 aromatic rings. The van der Waals surface area contributed by atoms with Gasteiger partial charge in [0.2, 0.25) is 6.10 Å². The Morgan fingerprint density at radius 1 is 1.25 bits per heavy atom. The van der Waals surface area contributed by atoms with Crippen molar-refractivity contribution in [1.29, 1.82) is 0 Å². The van der Waals surface area contributed by atoms with E-state index in [0.29, 0.717) is 17.5 Å². The predicted molar refractivity (Wildman–Crippen MR) is 57.5 cm³/mol. The highest BCUT2D eigenvalue weighted by Gasteiger charge is 2.31. The molecule has 1 heterocycles. The summed E-state index contributed by atoms with van der Waals surface area (Å²) in [5.41, 5.74) is 0. The molecule has 1 saturated carbocycles. The van der Waals surface area contributed by atoms with Crippen LogP contribution in [0.3, 0.4) is 0 Å². The van der Waals surface area contributed by atoms with E-state index in [2.05, 4.69) is 5.32 Å². The van der Waals surface area contributed by atoms with E-state index in [0.717, 1.165) is 12.8 Å². The van der Waals surface area contributed by atoms with Crippen molar-refractivity contribution >= 4 is 5.91 Å². The number of carbonyl (C=O) groups excluding carboxylic acids is 1. The Bertz CT molecular complexity index is 414. The maximum absolute atomic E-state index is 11.7. The van der Waals surface area contributed by atoms with Crippen molar-refractivity contribution in [1.82, 2.24) is 5.32 Å². The molecule has 4 nitrogen and oxygen atoms in total. The molecule has 16 heavy (non-hydrogen) atoms. The molecule has 0 radical (unpaired) electrons. The first kappa shape index (κ1) is 9.51. The van der Waals surface area contributed by atoms with Gasteiger partial charge in [0.25, 0.3) is 5.91 Å². The van der Waals surface area contributed by atoms with Gasteiger partial charge in [-0.15, -0.1) is 0 Å². The van der Waals surface area contributed by atoms with Crippen molar-refractivity contribution in [2.24, 2.45) is 0 Å². The van der Waals surface area contributed by atoms with Gasteiger partial charge in [0.05, 0.1) is 0 Å². The number of hydrogen-bond donors (Lipinski definition) is 1. The van der Waals surface area contributed by atoms with Gasteiger partial charge < -0.3 is 14.8 Å². The number of amides is 1. The van der Waals surface area contributed by atoms with Gasteiger partial charge in [-0.1, -0.05) is 12.1 Å². The summed E-state index contributed by atoms with van der Waals surface area (Å²) < 4.78 is 11.1. The zero-order valence-corrected chi connectivity index (χ0v) is 8.81. The fourth-order valence-corrected chi connectivity index (χ4v) is 1.67. The van der Waals surface area contributed by atoms with Crippen LogP contribution in [0, 0.1) is 0 Å². The van der Waals surface area contributed by atoms with Gasteiger partial charge in [0.1, 0.15) is 6.61 Å². The molecule has 0 bridgehead atoms. The molecule has 0 aromatic heterocycles. The lowest BCUT2D eigenvalue weighted by Crippen LogP contribution is -2.44. The van der Waals surface area contributed by atoms with Crippen LogP contribution < -0.4 is 14.8 Å². The van der Waals surface area contributed by atoms with Crippen molar-refractivity contribution in [3.8, 4) is 11.5 Å². The molecular formula is C12H13NO3. The molecule has 0 spiro atoms. The van der Waals surface area contributed by atoms with E-state index in [1.807, 2.05) is 24.3 Å². The van der Waals surface area contributed by atoms with Gasteiger partial charge in [0, 0.05) is 6.04 Å². The summed E-state index contributed by atoms with van der Waals surface area (Å²) in [6, 6.07) is 7.75. The molecule has 84 valence electrons. The standard InChI is InChI=1S/C12H13NO3/c14-12(13-8-5-6-8)11-7-15-9-3-1-2-4-10(9)16-11/h1-4,8,11H,5-7H2,(H,13,14). The largest absolute Gasteiger partial charge is 0.485 e. The van der Waals surface area contributed by atoms with E-state index in [-0.39, 0.29) is 12.5 Å². The Hall–Kier alpha value is -1.71. The minimum Gasteiger partial charge on any atom is -0.485 e. The van der Waals surface area contributed by atoms with Crippen LogP contribution in [0.15, 0.2) is 24.3 Å². The second-order valence-electron chi connectivity index (χ2n) is 4.15. The summed E-state index contributed by atoms with van der Waals surface area (Å²) in [7, 11) is 0. The zero-order valence-electron chi connectivity index (χ0n) is 8.81. The van der Waals surface area contributed by atoms with E-state index in [9.17, 15) is 4.79 Å². The monoisotopic (exact) mass is 219 g/mol. The number of ether oxygens (including phenoxy) is 2. The summed E-state index contributed by atoms with van der Waals surface area (Å²) in [6.07, 6.45) is 1.64. The summed E-state index contributed by atoms with van der Waals surface area (Å²) in [6.45, 7) is 0.287. The van der Waals surface area contributed by atoms with E-state index in [4.69, 9.17) is 9.47 Å². The third kappa shape index (κ3) is 1.83. The highest BCUT2D eigenvalue weighted by molar-refractivity contribution is 5.82. The van der Waals surface area contributed by atoms with Crippen molar-refractivity contribution in [3.63, 3.8) is 0 Å². The Morgan fingerprint density at radius 2 is 2.00 bits per heavy atom. The number of carbonyl (C=O) groups is 1. The second-order valence-corrected chi connectivity index (χ2v) is 4.15. The van der Waals surface area contributed by atoms with Crippen molar-refractivity contribution in [2.75, 3.05) is 6.61 Å². The average molecular weight is 219 g/mol. The molecule has 1 aliphatic carbocycles. The van der Waals surface area contributed by atoms with Gasteiger partial charge in [-0.05, 0) is 25.0 Å². The van der Waals surface area contributed by atoms with Crippen LogP contribution in [0.4, 0.5) is 0 Å². The van der Waals surface area contributed by atoms with Crippen LogP contribution in [0.2, 0.25) is 0 Å². The highest BCUT2D eigenvalue weighted by Crippen LogP contribution is 2.31. The van der Waals surface area contributed by atoms with Crippen molar-refractivity contribution in [2.45, 2.75) is 25.0 Å². The number of nitrogens with one attached hydrogen (secondary N) is 1. The van der Waals surface area contributed by atoms with Gasteiger partial charge >= 0.3 is 0 Å². The van der Waals surface area contributed by atoms with Crippen LogP contribution in [0.1, 0.15) is 12.8 Å². The normalized spacial score (nSPS) is 22.6. The molecule has 1 atom stereocenters. The lowest BCUT2D eigenvalue weighted by Gasteiger charge is -2.25. The topological polar surface area (TPSA) is 47.6 Å². The molecule has 1 fully saturated rings. The van der Waals surface area contributed by atoms with E-state index < -0.39 is 6.10 Å². The molecule has 1 aliphatic heterocycles. The molecule has 1 N–H and O–H groups in total. The number of benzene rings is 1. The van der Waals surface area contributed by atoms with Crippen LogP contribution in [0.5, 0.6) is 11.5 Å². The SMILES string of the molecule is O=C(NC1CC1)C1COc2ccccc2O1. The predicted octanol–water partition coefficient (Wildman–Crippen LogP) is 1.10. The van der Waals surface area contributed by atoms with Gasteiger partial charge in [-0.3, -0.25) is 4.79 Å². The smallest absolute Gasteiger partial charge is 0.264 e. The number of hydrogen-bond acceptors (Lipinski definition) is 3. The molecule has 0 saturated heterocycles. The lowest BCUT2D eigenvalue weighted by atomic mass is 10.2. The molecule has 1 aromatic carbocycles. The molecule has 2 aliphatic rings. The fraction of sp³-hybridized carbons (Fsp3) is 0.417. The summed E-state index contributed by atoms with van der Waals surface area (Å²) in [4.78, 5) is 11.7. The maximum atomic E-state index is 11.7. The minimum atomic E-state index is -0.518. The van der Waals surface area contributed by atoms with Crippen LogP contribution >= 0.6 is 0 Å². The van der Waals surface area contributed by atoms with Crippen molar-refractivity contribution < 1.29 is 14.3 Å². The van der Waals surface area contributed by atoms with Crippen molar-refractivity contribution in [3.05, 3.63) is 24.3 Å². The third-order valence-corrected chi connectivity index (χ3v) is 2.72. The number of para-hydroxylation sites is 2. The van der Waals surface area contributed by atoms with Gasteiger partial charge in [-0.2, -0.15) is 0 Å². The molecule has 3 rings (SSSR count). The van der Waals surface area contributed by atoms with Crippen LogP contribution in [-0.2, 0) is 4.79 Å². The lowest BCUT2D eigenvalue weighted by molar-refractivity contribution is -0.130. The van der Waals surface area contributed by atoms with Crippen LogP contribution in [0.25, 0.3) is 0 Å². The quantitative estimate of drug-likeness (QED) is 0.810. The Kier molecular flexibility index (Phi) is 2.20. The minimum absolute atomic E-state index is 0.0722. The molecule has 1 unspecified atom stereocenters. The Labute approximate surface area is 93.5 Å². The summed E-state index contributed by atoms with van der Waals surface area (Å²) >= 11 is 0. The van der Waals surface area contributed by atoms with E-state index in [1.54, 1.807) is 0 Å². The third-order valence-electron chi connectivity index (χ3n) is 2.72. The highest BCUT2D eigenvalue weighted by atomic mass is 16.6. The maximum Gasteiger partial charge on any atom is 0.264 e. The van der Waals surface area contributed by atoms with Gasteiger partial charge in [-0.25, -0.2) is 0 Å². The first-order chi connectivity index (χ1) is 7.83. The second kappa shape index (κ2) is 3.70. The Morgan fingerprint density at radius 3 is 2.75 bits per heavy atom. The first-order valence-corrected chi connectivity index (χ1v) is 5.52. The summed E-state index contributed by atoms with van der Waals surface area (Å²) in [5.74, 6) is 1.28. The van der Waals surface area contributed by atoms with E-state index in [1.165, 1.54) is 0 Å². The van der Waals surface area contributed by atoms with E-state index >= 15 is 0 Å². The van der Waals surface area contributed by atoms with Gasteiger partial charge in [0.15, 0.2) is 11.5 Å².